The highest BCUT2D eigenvalue weighted by Gasteiger charge is 2.42. The standard InChI is InChI=1S/C17H22N2O8/c20-9-13-16(23)17(24)15(22)12(27-13)7-8-18-14(21)6-3-10-1-4-11(5-2-10)19(25)26/h1-6,12-13,15-17,20,22-24H,7-9H2,(H,18,21)/b6-3+/t12-,13-,15+,16+,17-/m1/s1. The number of carbonyl (C=O) groups is 1. The molecule has 10 heteroatoms. The first-order chi connectivity index (χ1) is 12.8. The summed E-state index contributed by atoms with van der Waals surface area (Å²) in [7, 11) is 0. The molecule has 1 heterocycles. The Morgan fingerprint density at radius 3 is 2.37 bits per heavy atom. The van der Waals surface area contributed by atoms with E-state index >= 15 is 0 Å². The Bertz CT molecular complexity index is 676. The van der Waals surface area contributed by atoms with Crippen molar-refractivity contribution in [2.75, 3.05) is 13.2 Å². The van der Waals surface area contributed by atoms with Gasteiger partial charge in [-0.05, 0) is 30.2 Å². The molecule has 10 nitrogen and oxygen atoms in total. The van der Waals surface area contributed by atoms with Crippen molar-refractivity contribution in [2.24, 2.45) is 0 Å². The zero-order valence-corrected chi connectivity index (χ0v) is 14.3. The van der Waals surface area contributed by atoms with Gasteiger partial charge in [0.05, 0.1) is 17.6 Å². The van der Waals surface area contributed by atoms with E-state index in [-0.39, 0.29) is 18.7 Å². The third kappa shape index (κ3) is 5.55. The Hall–Kier alpha value is -2.37. The Morgan fingerprint density at radius 2 is 1.78 bits per heavy atom. The van der Waals surface area contributed by atoms with Crippen molar-refractivity contribution in [1.29, 1.82) is 0 Å². The van der Waals surface area contributed by atoms with Gasteiger partial charge in [0.2, 0.25) is 5.91 Å². The average molecular weight is 382 g/mol. The van der Waals surface area contributed by atoms with Crippen molar-refractivity contribution in [1.82, 2.24) is 5.32 Å². The summed E-state index contributed by atoms with van der Waals surface area (Å²) in [6.45, 7) is -0.377. The monoisotopic (exact) mass is 382 g/mol. The van der Waals surface area contributed by atoms with E-state index < -0.39 is 48.0 Å². The van der Waals surface area contributed by atoms with Gasteiger partial charge in [-0.25, -0.2) is 0 Å². The summed E-state index contributed by atoms with van der Waals surface area (Å²) in [4.78, 5) is 21.9. The van der Waals surface area contributed by atoms with Gasteiger partial charge in [0, 0.05) is 24.8 Å². The van der Waals surface area contributed by atoms with Crippen molar-refractivity contribution in [3.05, 3.63) is 46.0 Å². The van der Waals surface area contributed by atoms with Crippen LogP contribution in [0.5, 0.6) is 0 Å². The second-order valence-corrected chi connectivity index (χ2v) is 6.13. The highest BCUT2D eigenvalue weighted by atomic mass is 16.6. The van der Waals surface area contributed by atoms with Crippen LogP contribution in [0.25, 0.3) is 6.08 Å². The van der Waals surface area contributed by atoms with Gasteiger partial charge >= 0.3 is 0 Å². The number of nitrogens with one attached hydrogen (secondary N) is 1. The van der Waals surface area contributed by atoms with Gasteiger partial charge in [0.1, 0.15) is 24.4 Å². The molecule has 1 amide bonds. The number of carbonyl (C=O) groups excluding carboxylic acids is 1. The molecule has 0 saturated carbocycles. The lowest BCUT2D eigenvalue weighted by Crippen LogP contribution is -2.58. The minimum atomic E-state index is -1.45. The lowest BCUT2D eigenvalue weighted by atomic mass is 9.93. The summed E-state index contributed by atoms with van der Waals surface area (Å²) in [6, 6.07) is 5.68. The number of ether oxygens (including phenoxy) is 1. The third-order valence-electron chi connectivity index (χ3n) is 4.25. The molecule has 0 spiro atoms. The van der Waals surface area contributed by atoms with E-state index in [1.54, 1.807) is 0 Å². The Balaban J connectivity index is 1.80. The maximum Gasteiger partial charge on any atom is 0.269 e. The number of hydrogen-bond donors (Lipinski definition) is 5. The van der Waals surface area contributed by atoms with Gasteiger partial charge in [-0.3, -0.25) is 14.9 Å². The number of amides is 1. The average Bonchev–Trinajstić information content (AvgIpc) is 2.66. The minimum Gasteiger partial charge on any atom is -0.394 e. The van der Waals surface area contributed by atoms with Crippen LogP contribution in [0.15, 0.2) is 30.3 Å². The fourth-order valence-electron chi connectivity index (χ4n) is 2.69. The van der Waals surface area contributed by atoms with Gasteiger partial charge in [0.15, 0.2) is 0 Å². The fraction of sp³-hybridized carbons (Fsp3) is 0.471. The van der Waals surface area contributed by atoms with Crippen LogP contribution in [0.4, 0.5) is 5.69 Å². The zero-order chi connectivity index (χ0) is 20.0. The van der Waals surface area contributed by atoms with E-state index in [0.29, 0.717) is 5.56 Å². The maximum absolute atomic E-state index is 11.8. The molecular formula is C17H22N2O8. The predicted octanol–water partition coefficient (Wildman–Crippen LogP) is -1.04. The number of non-ortho nitro benzene ring substituents is 1. The van der Waals surface area contributed by atoms with E-state index in [4.69, 9.17) is 9.84 Å². The van der Waals surface area contributed by atoms with Crippen LogP contribution in [0.3, 0.4) is 0 Å². The molecule has 1 aliphatic heterocycles. The van der Waals surface area contributed by atoms with E-state index in [1.807, 2.05) is 0 Å². The van der Waals surface area contributed by atoms with Gasteiger partial charge in [0.25, 0.3) is 5.69 Å². The van der Waals surface area contributed by atoms with Crippen LogP contribution in [-0.2, 0) is 9.53 Å². The molecule has 2 rings (SSSR count). The van der Waals surface area contributed by atoms with Gasteiger partial charge in [-0.2, -0.15) is 0 Å². The molecule has 148 valence electrons. The van der Waals surface area contributed by atoms with Crippen LogP contribution in [-0.4, -0.2) is 74.9 Å². The topological polar surface area (TPSA) is 162 Å². The summed E-state index contributed by atoms with van der Waals surface area (Å²) in [5.74, 6) is -0.419. The van der Waals surface area contributed by atoms with Crippen LogP contribution < -0.4 is 5.32 Å². The third-order valence-corrected chi connectivity index (χ3v) is 4.25. The van der Waals surface area contributed by atoms with E-state index in [2.05, 4.69) is 5.32 Å². The molecule has 1 aliphatic rings. The second-order valence-electron chi connectivity index (χ2n) is 6.13. The molecule has 1 fully saturated rings. The number of nitro benzene ring substituents is 1. The Morgan fingerprint density at radius 1 is 1.15 bits per heavy atom. The first-order valence-electron chi connectivity index (χ1n) is 8.34. The van der Waals surface area contributed by atoms with E-state index in [0.717, 1.165) is 0 Å². The van der Waals surface area contributed by atoms with Crippen molar-refractivity contribution in [3.63, 3.8) is 0 Å². The molecule has 0 aromatic heterocycles. The van der Waals surface area contributed by atoms with Crippen LogP contribution in [0.1, 0.15) is 12.0 Å². The van der Waals surface area contributed by atoms with Crippen molar-refractivity contribution in [2.45, 2.75) is 36.9 Å². The van der Waals surface area contributed by atoms with Gasteiger partial charge in [-0.1, -0.05) is 0 Å². The summed E-state index contributed by atoms with van der Waals surface area (Å²) in [5, 5.41) is 51.6. The smallest absolute Gasteiger partial charge is 0.269 e. The SMILES string of the molecule is O=C(/C=C/c1ccc([N+](=O)[O-])cc1)NCC[C@H]1O[C@H](CO)[C@H](O)[C@H](O)[C@H]1O. The molecule has 0 bridgehead atoms. The molecule has 1 aromatic carbocycles. The molecule has 1 aromatic rings. The van der Waals surface area contributed by atoms with Gasteiger partial charge < -0.3 is 30.5 Å². The number of benzene rings is 1. The number of rotatable bonds is 7. The first-order valence-corrected chi connectivity index (χ1v) is 8.34. The molecule has 0 radical (unpaired) electrons. The van der Waals surface area contributed by atoms with Crippen molar-refractivity contribution < 1.29 is 34.9 Å². The summed E-state index contributed by atoms with van der Waals surface area (Å²) in [5.41, 5.74) is 0.570. The predicted molar refractivity (Wildman–Crippen MR) is 93.5 cm³/mol. The lowest BCUT2D eigenvalue weighted by molar-refractivity contribution is -0.384. The molecule has 27 heavy (non-hydrogen) atoms. The largest absolute Gasteiger partial charge is 0.394 e. The zero-order valence-electron chi connectivity index (χ0n) is 14.3. The second kappa shape index (κ2) is 9.53. The number of aliphatic hydroxyl groups is 4. The summed E-state index contributed by atoms with van der Waals surface area (Å²) < 4.78 is 5.34. The Labute approximate surface area is 154 Å². The highest BCUT2D eigenvalue weighted by molar-refractivity contribution is 5.91. The molecule has 5 atom stereocenters. The van der Waals surface area contributed by atoms with Crippen LogP contribution in [0.2, 0.25) is 0 Å². The quantitative estimate of drug-likeness (QED) is 0.227. The number of nitro groups is 1. The molecule has 0 aliphatic carbocycles. The van der Waals surface area contributed by atoms with Crippen LogP contribution >= 0.6 is 0 Å². The lowest BCUT2D eigenvalue weighted by Gasteiger charge is -2.40. The summed E-state index contributed by atoms with van der Waals surface area (Å²) >= 11 is 0. The first kappa shape index (κ1) is 20.9. The minimum absolute atomic E-state index is 0.0452. The van der Waals surface area contributed by atoms with Crippen molar-refractivity contribution in [3.8, 4) is 0 Å². The molecular weight excluding hydrogens is 360 g/mol. The van der Waals surface area contributed by atoms with E-state index in [9.17, 15) is 30.2 Å². The molecule has 1 saturated heterocycles. The number of aliphatic hydroxyl groups excluding tert-OH is 4. The fourth-order valence-corrected chi connectivity index (χ4v) is 2.69. The number of hydrogen-bond acceptors (Lipinski definition) is 8. The highest BCUT2D eigenvalue weighted by Crippen LogP contribution is 2.22. The summed E-state index contributed by atoms with van der Waals surface area (Å²) in [6.07, 6.45) is -3.11. The van der Waals surface area contributed by atoms with E-state index in [1.165, 1.54) is 36.4 Å². The van der Waals surface area contributed by atoms with Gasteiger partial charge in [-0.15, -0.1) is 0 Å². The Kier molecular flexibility index (Phi) is 7.39. The van der Waals surface area contributed by atoms with Crippen molar-refractivity contribution >= 4 is 17.7 Å². The molecule has 0 unspecified atom stereocenters. The normalized spacial score (nSPS) is 28.2. The van der Waals surface area contributed by atoms with Crippen LogP contribution in [0, 0.1) is 10.1 Å². The maximum atomic E-state index is 11.8. The number of nitrogens with zero attached hydrogens (tertiary/aromatic N) is 1. The molecule has 5 N–H and O–H groups in total.